The van der Waals surface area contributed by atoms with E-state index in [4.69, 9.17) is 0 Å². The molecule has 15 heavy (non-hydrogen) atoms. The molecule has 1 saturated heterocycles. The molecule has 1 aliphatic heterocycles. The summed E-state index contributed by atoms with van der Waals surface area (Å²) in [6, 6.07) is 9.04. The Labute approximate surface area is 99.6 Å². The van der Waals surface area contributed by atoms with Gasteiger partial charge in [-0.2, -0.15) is 0 Å². The number of rotatable bonds is 4. The maximum absolute atomic E-state index is 3.55. The van der Waals surface area contributed by atoms with Crippen LogP contribution in [0.25, 0.3) is 0 Å². The molecule has 2 rings (SSSR count). The Balaban J connectivity index is 1.75. The molecule has 0 bridgehead atoms. The van der Waals surface area contributed by atoms with Gasteiger partial charge in [0.25, 0.3) is 0 Å². The van der Waals surface area contributed by atoms with Crippen molar-refractivity contribution in [3.05, 3.63) is 34.3 Å². The maximum atomic E-state index is 3.55. The summed E-state index contributed by atoms with van der Waals surface area (Å²) in [4.78, 5) is 0. The number of hydrogen-bond acceptors (Lipinski definition) is 2. The van der Waals surface area contributed by atoms with Gasteiger partial charge in [0.2, 0.25) is 0 Å². The molecule has 0 saturated carbocycles. The Kier molecular flexibility index (Phi) is 4.18. The summed E-state index contributed by atoms with van der Waals surface area (Å²) < 4.78 is 1.19. The molecule has 82 valence electrons. The van der Waals surface area contributed by atoms with Crippen molar-refractivity contribution in [3.8, 4) is 0 Å². The van der Waals surface area contributed by atoms with E-state index in [0.717, 1.165) is 13.1 Å². The highest BCUT2D eigenvalue weighted by Gasteiger charge is 2.12. The minimum Gasteiger partial charge on any atom is -0.313 e. The molecule has 2 nitrogen and oxygen atoms in total. The molecule has 1 aliphatic rings. The van der Waals surface area contributed by atoms with Gasteiger partial charge in [-0.05, 0) is 31.0 Å². The van der Waals surface area contributed by atoms with Gasteiger partial charge in [0.1, 0.15) is 0 Å². The SMILES string of the molecule is Brc1ccccc1CNCC1CCCN1. The summed E-state index contributed by atoms with van der Waals surface area (Å²) in [7, 11) is 0. The van der Waals surface area contributed by atoms with Crippen molar-refractivity contribution in [1.82, 2.24) is 10.6 Å². The predicted molar refractivity (Wildman–Crippen MR) is 66.9 cm³/mol. The van der Waals surface area contributed by atoms with Crippen LogP contribution in [0.3, 0.4) is 0 Å². The van der Waals surface area contributed by atoms with E-state index in [1.54, 1.807) is 0 Å². The molecular formula is C12H17BrN2. The first-order valence-electron chi connectivity index (χ1n) is 5.54. The Morgan fingerprint density at radius 3 is 3.00 bits per heavy atom. The maximum Gasteiger partial charge on any atom is 0.0220 e. The van der Waals surface area contributed by atoms with E-state index in [1.807, 2.05) is 6.07 Å². The van der Waals surface area contributed by atoms with Crippen molar-refractivity contribution in [2.45, 2.75) is 25.4 Å². The van der Waals surface area contributed by atoms with Gasteiger partial charge in [0.15, 0.2) is 0 Å². The van der Waals surface area contributed by atoms with Crippen LogP contribution < -0.4 is 10.6 Å². The van der Waals surface area contributed by atoms with E-state index in [9.17, 15) is 0 Å². The lowest BCUT2D eigenvalue weighted by Crippen LogP contribution is -2.33. The molecule has 1 unspecified atom stereocenters. The normalized spacial score (nSPS) is 20.7. The van der Waals surface area contributed by atoms with E-state index in [-0.39, 0.29) is 0 Å². The average Bonchev–Trinajstić information content (AvgIpc) is 2.74. The second-order valence-corrected chi connectivity index (χ2v) is 4.87. The molecule has 0 aromatic heterocycles. The van der Waals surface area contributed by atoms with Crippen LogP contribution in [-0.4, -0.2) is 19.1 Å². The van der Waals surface area contributed by atoms with E-state index in [2.05, 4.69) is 44.8 Å². The number of benzene rings is 1. The van der Waals surface area contributed by atoms with Crippen LogP contribution in [0.1, 0.15) is 18.4 Å². The lowest BCUT2D eigenvalue weighted by molar-refractivity contribution is 0.535. The minimum absolute atomic E-state index is 0.674. The summed E-state index contributed by atoms with van der Waals surface area (Å²) >= 11 is 3.55. The van der Waals surface area contributed by atoms with Crippen LogP contribution in [0.2, 0.25) is 0 Å². The monoisotopic (exact) mass is 268 g/mol. The highest BCUT2D eigenvalue weighted by molar-refractivity contribution is 9.10. The van der Waals surface area contributed by atoms with Gasteiger partial charge in [-0.25, -0.2) is 0 Å². The molecule has 0 amide bonds. The van der Waals surface area contributed by atoms with Crippen LogP contribution in [0, 0.1) is 0 Å². The predicted octanol–water partition coefficient (Wildman–Crippen LogP) is 2.29. The van der Waals surface area contributed by atoms with Gasteiger partial charge in [0.05, 0.1) is 0 Å². The van der Waals surface area contributed by atoms with E-state index in [1.165, 1.54) is 29.4 Å². The summed E-state index contributed by atoms with van der Waals surface area (Å²) in [6.07, 6.45) is 2.63. The number of hydrogen-bond donors (Lipinski definition) is 2. The first kappa shape index (κ1) is 11.1. The topological polar surface area (TPSA) is 24.1 Å². The Morgan fingerprint density at radius 2 is 2.27 bits per heavy atom. The molecule has 1 fully saturated rings. The fraction of sp³-hybridized carbons (Fsp3) is 0.500. The van der Waals surface area contributed by atoms with Crippen LogP contribution in [-0.2, 0) is 6.54 Å². The molecule has 3 heteroatoms. The van der Waals surface area contributed by atoms with Crippen molar-refractivity contribution in [1.29, 1.82) is 0 Å². The quantitative estimate of drug-likeness (QED) is 0.876. The summed E-state index contributed by atoms with van der Waals surface area (Å²) in [5.74, 6) is 0. The molecule has 0 aliphatic carbocycles. The fourth-order valence-electron chi connectivity index (χ4n) is 1.95. The van der Waals surface area contributed by atoms with Crippen molar-refractivity contribution >= 4 is 15.9 Å². The van der Waals surface area contributed by atoms with Crippen LogP contribution >= 0.6 is 15.9 Å². The molecular weight excluding hydrogens is 252 g/mol. The molecule has 1 aromatic carbocycles. The minimum atomic E-state index is 0.674. The molecule has 1 atom stereocenters. The van der Waals surface area contributed by atoms with Crippen molar-refractivity contribution in [2.24, 2.45) is 0 Å². The lowest BCUT2D eigenvalue weighted by atomic mass is 10.2. The van der Waals surface area contributed by atoms with Gasteiger partial charge < -0.3 is 10.6 Å². The van der Waals surface area contributed by atoms with Crippen LogP contribution in [0.15, 0.2) is 28.7 Å². The summed E-state index contributed by atoms with van der Waals surface area (Å²) in [5.41, 5.74) is 1.33. The molecule has 1 heterocycles. The third-order valence-electron chi connectivity index (χ3n) is 2.83. The van der Waals surface area contributed by atoms with E-state index >= 15 is 0 Å². The van der Waals surface area contributed by atoms with E-state index in [0.29, 0.717) is 6.04 Å². The lowest BCUT2D eigenvalue weighted by Gasteiger charge is -2.12. The summed E-state index contributed by atoms with van der Waals surface area (Å²) in [5, 5.41) is 6.98. The van der Waals surface area contributed by atoms with Gasteiger partial charge in [-0.1, -0.05) is 34.1 Å². The Bertz CT molecular complexity index is 308. The summed E-state index contributed by atoms with van der Waals surface area (Å²) in [6.45, 7) is 3.20. The highest BCUT2D eigenvalue weighted by atomic mass is 79.9. The first-order valence-corrected chi connectivity index (χ1v) is 6.33. The second kappa shape index (κ2) is 5.64. The number of halogens is 1. The smallest absolute Gasteiger partial charge is 0.0220 e. The highest BCUT2D eigenvalue weighted by Crippen LogP contribution is 2.15. The first-order chi connectivity index (χ1) is 7.36. The molecule has 1 aromatic rings. The largest absolute Gasteiger partial charge is 0.313 e. The third kappa shape index (κ3) is 3.30. The van der Waals surface area contributed by atoms with Crippen molar-refractivity contribution in [2.75, 3.05) is 13.1 Å². The van der Waals surface area contributed by atoms with Gasteiger partial charge in [-0.15, -0.1) is 0 Å². The van der Waals surface area contributed by atoms with E-state index < -0.39 is 0 Å². The molecule has 0 spiro atoms. The van der Waals surface area contributed by atoms with Gasteiger partial charge >= 0.3 is 0 Å². The molecule has 2 N–H and O–H groups in total. The fourth-order valence-corrected chi connectivity index (χ4v) is 2.38. The zero-order valence-corrected chi connectivity index (χ0v) is 10.4. The Hall–Kier alpha value is -0.380. The molecule has 0 radical (unpaired) electrons. The average molecular weight is 269 g/mol. The zero-order chi connectivity index (χ0) is 10.5. The Morgan fingerprint density at radius 1 is 1.40 bits per heavy atom. The number of nitrogens with one attached hydrogen (secondary N) is 2. The van der Waals surface area contributed by atoms with Crippen molar-refractivity contribution < 1.29 is 0 Å². The van der Waals surface area contributed by atoms with Gasteiger partial charge in [0, 0.05) is 23.6 Å². The van der Waals surface area contributed by atoms with Crippen LogP contribution in [0.5, 0.6) is 0 Å². The second-order valence-electron chi connectivity index (χ2n) is 4.02. The van der Waals surface area contributed by atoms with Crippen LogP contribution in [0.4, 0.5) is 0 Å². The van der Waals surface area contributed by atoms with Gasteiger partial charge in [-0.3, -0.25) is 0 Å². The standard InChI is InChI=1S/C12H17BrN2/c13-12-6-2-1-4-10(12)8-14-9-11-5-3-7-15-11/h1-2,4,6,11,14-15H,3,5,7-9H2. The third-order valence-corrected chi connectivity index (χ3v) is 3.60. The zero-order valence-electron chi connectivity index (χ0n) is 8.80. The van der Waals surface area contributed by atoms with Crippen molar-refractivity contribution in [3.63, 3.8) is 0 Å².